The molecule has 7 nitrogen and oxygen atoms in total. The lowest BCUT2D eigenvalue weighted by Gasteiger charge is -2.20. The number of hydrogen-bond acceptors (Lipinski definition) is 5. The third kappa shape index (κ3) is 4.67. The van der Waals surface area contributed by atoms with E-state index >= 15 is 0 Å². The van der Waals surface area contributed by atoms with Gasteiger partial charge in [-0.2, -0.15) is 18.2 Å². The highest BCUT2D eigenvalue weighted by Gasteiger charge is 2.37. The number of rotatable bonds is 3. The molecule has 1 N–H and O–H groups in total. The zero-order valence-corrected chi connectivity index (χ0v) is 16.0. The number of hydrogen-bond donors (Lipinski definition) is 1. The van der Waals surface area contributed by atoms with Gasteiger partial charge in [-0.15, -0.1) is 17.5 Å². The van der Waals surface area contributed by atoms with Gasteiger partial charge < -0.3 is 10.2 Å². The number of aryl methyl sites for hydroxylation is 2. The molecule has 3 rings (SSSR count). The van der Waals surface area contributed by atoms with E-state index in [1.165, 1.54) is 0 Å². The summed E-state index contributed by atoms with van der Waals surface area (Å²) in [6.07, 6.45) is -3.01. The fourth-order valence-corrected chi connectivity index (χ4v) is 3.18. The van der Waals surface area contributed by atoms with Crippen LogP contribution in [0, 0.1) is 13.8 Å². The van der Waals surface area contributed by atoms with Gasteiger partial charge in [0.15, 0.2) is 0 Å². The molecule has 0 saturated carbocycles. The Balaban J connectivity index is 0.00000261. The number of alkyl halides is 3. The predicted octanol–water partition coefficient (Wildman–Crippen LogP) is 1.94. The number of halogens is 4. The molecule has 1 aliphatic heterocycles. The lowest BCUT2D eigenvalue weighted by atomic mass is 10.1. The van der Waals surface area contributed by atoms with Crippen LogP contribution in [0.25, 0.3) is 5.78 Å². The lowest BCUT2D eigenvalue weighted by Crippen LogP contribution is -2.34. The molecule has 150 valence electrons. The van der Waals surface area contributed by atoms with Crippen LogP contribution in [0.15, 0.2) is 0 Å². The van der Waals surface area contributed by atoms with E-state index < -0.39 is 12.0 Å². The molecule has 1 amide bonds. The first-order valence-electron chi connectivity index (χ1n) is 8.56. The van der Waals surface area contributed by atoms with Crippen LogP contribution in [0.5, 0.6) is 0 Å². The summed E-state index contributed by atoms with van der Waals surface area (Å²) in [4.78, 5) is 21.9. The Labute approximate surface area is 160 Å². The Kier molecular flexibility index (Phi) is 6.63. The van der Waals surface area contributed by atoms with Crippen LogP contribution in [0.1, 0.15) is 35.6 Å². The van der Waals surface area contributed by atoms with E-state index in [1.54, 1.807) is 13.8 Å². The van der Waals surface area contributed by atoms with Gasteiger partial charge in [-0.3, -0.25) is 4.79 Å². The van der Waals surface area contributed by atoms with Gasteiger partial charge in [-0.05, 0) is 38.8 Å². The first-order chi connectivity index (χ1) is 12.3. The molecule has 2 aromatic heterocycles. The molecule has 0 spiro atoms. The molecule has 0 aromatic carbocycles. The molecule has 1 saturated heterocycles. The van der Waals surface area contributed by atoms with Crippen LogP contribution in [0.2, 0.25) is 0 Å². The zero-order valence-electron chi connectivity index (χ0n) is 15.1. The summed E-state index contributed by atoms with van der Waals surface area (Å²) in [6.45, 7) is 6.45. The second-order valence-corrected chi connectivity index (χ2v) is 6.39. The van der Waals surface area contributed by atoms with Gasteiger partial charge in [0.25, 0.3) is 11.6 Å². The van der Waals surface area contributed by atoms with E-state index in [9.17, 15) is 18.0 Å². The maximum Gasteiger partial charge on any atom is 0.453 e. The maximum atomic E-state index is 12.8. The summed E-state index contributed by atoms with van der Waals surface area (Å²) in [7, 11) is 0. The van der Waals surface area contributed by atoms with Crippen LogP contribution in [0.4, 0.5) is 13.2 Å². The average molecular weight is 407 g/mol. The first-order valence-corrected chi connectivity index (χ1v) is 8.56. The highest BCUT2D eigenvalue weighted by Crippen LogP contribution is 2.27. The van der Waals surface area contributed by atoms with Crippen LogP contribution in [-0.4, -0.2) is 56.6 Å². The standard InChI is InChI=1S/C16H21F3N6O.ClH/c1-10-12(4-5-13(26)24-8-3-6-20-7-9-24)11(2)25-15(21-10)22-14(23-25)16(17,18)19;/h20H,3-9H2,1-2H3;1H. The van der Waals surface area contributed by atoms with Crippen molar-refractivity contribution in [2.75, 3.05) is 26.2 Å². The number of carbonyl (C=O) groups is 1. The largest absolute Gasteiger partial charge is 0.453 e. The zero-order chi connectivity index (χ0) is 18.9. The van der Waals surface area contributed by atoms with E-state index in [0.717, 1.165) is 36.1 Å². The summed E-state index contributed by atoms with van der Waals surface area (Å²) in [6, 6.07) is 0. The molecule has 2 aromatic rings. The van der Waals surface area contributed by atoms with E-state index in [2.05, 4.69) is 20.4 Å². The Morgan fingerprint density at radius 1 is 1.19 bits per heavy atom. The summed E-state index contributed by atoms with van der Waals surface area (Å²) in [5.41, 5.74) is 1.83. The van der Waals surface area contributed by atoms with E-state index in [4.69, 9.17) is 0 Å². The van der Waals surface area contributed by atoms with Crippen molar-refractivity contribution in [3.05, 3.63) is 22.8 Å². The monoisotopic (exact) mass is 406 g/mol. The fraction of sp³-hybridized carbons (Fsp3) is 0.625. The lowest BCUT2D eigenvalue weighted by molar-refractivity contribution is -0.144. The summed E-state index contributed by atoms with van der Waals surface area (Å²) in [5.74, 6) is -1.25. The minimum Gasteiger partial charge on any atom is -0.341 e. The Morgan fingerprint density at radius 2 is 1.93 bits per heavy atom. The van der Waals surface area contributed by atoms with Gasteiger partial charge in [0.1, 0.15) is 0 Å². The molecule has 3 heterocycles. The second kappa shape index (κ2) is 8.39. The summed E-state index contributed by atoms with van der Waals surface area (Å²) in [5, 5.41) is 6.77. The SMILES string of the molecule is Cc1nc2nc(C(F)(F)F)nn2c(C)c1CCC(=O)N1CCCNCC1.Cl. The molecule has 0 atom stereocenters. The summed E-state index contributed by atoms with van der Waals surface area (Å²) < 4.78 is 39.6. The molecule has 0 bridgehead atoms. The van der Waals surface area contributed by atoms with Crippen molar-refractivity contribution in [2.45, 2.75) is 39.3 Å². The van der Waals surface area contributed by atoms with Crippen LogP contribution >= 0.6 is 12.4 Å². The molecule has 0 unspecified atom stereocenters. The highest BCUT2D eigenvalue weighted by molar-refractivity contribution is 5.85. The van der Waals surface area contributed by atoms with Gasteiger partial charge >= 0.3 is 6.18 Å². The Bertz CT molecular complexity index is 815. The first kappa shape index (κ1) is 21.4. The van der Waals surface area contributed by atoms with Gasteiger partial charge in [-0.1, -0.05) is 0 Å². The number of nitrogens with zero attached hydrogens (tertiary/aromatic N) is 5. The Morgan fingerprint density at radius 3 is 2.63 bits per heavy atom. The van der Waals surface area contributed by atoms with Gasteiger partial charge in [0.05, 0.1) is 0 Å². The number of nitrogens with one attached hydrogen (secondary N) is 1. The minimum atomic E-state index is -4.62. The average Bonchev–Trinajstić information content (AvgIpc) is 2.82. The van der Waals surface area contributed by atoms with Gasteiger partial charge in [-0.25, -0.2) is 9.50 Å². The molecular formula is C16H22ClF3N6O. The van der Waals surface area contributed by atoms with Crippen LogP contribution in [0.3, 0.4) is 0 Å². The molecular weight excluding hydrogens is 385 g/mol. The normalized spacial score (nSPS) is 15.5. The van der Waals surface area contributed by atoms with E-state index in [1.807, 2.05) is 4.90 Å². The number of carbonyl (C=O) groups excluding carboxylic acids is 1. The van der Waals surface area contributed by atoms with Crippen LogP contribution < -0.4 is 5.32 Å². The molecule has 27 heavy (non-hydrogen) atoms. The van der Waals surface area contributed by atoms with Crippen molar-refractivity contribution in [1.29, 1.82) is 0 Å². The van der Waals surface area contributed by atoms with Crippen LogP contribution in [-0.2, 0) is 17.4 Å². The van der Waals surface area contributed by atoms with Crippen molar-refractivity contribution >= 4 is 24.1 Å². The second-order valence-electron chi connectivity index (χ2n) is 6.39. The third-order valence-corrected chi connectivity index (χ3v) is 4.58. The number of amides is 1. The molecule has 1 aliphatic rings. The van der Waals surface area contributed by atoms with Crippen molar-refractivity contribution in [2.24, 2.45) is 0 Å². The van der Waals surface area contributed by atoms with Crippen molar-refractivity contribution < 1.29 is 18.0 Å². The van der Waals surface area contributed by atoms with E-state index in [0.29, 0.717) is 24.4 Å². The van der Waals surface area contributed by atoms with Crippen molar-refractivity contribution in [1.82, 2.24) is 29.8 Å². The third-order valence-electron chi connectivity index (χ3n) is 4.58. The van der Waals surface area contributed by atoms with Gasteiger partial charge in [0.2, 0.25) is 5.91 Å². The number of fused-ring (bicyclic) bond motifs is 1. The summed E-state index contributed by atoms with van der Waals surface area (Å²) >= 11 is 0. The Hall–Kier alpha value is -1.94. The fourth-order valence-electron chi connectivity index (χ4n) is 3.18. The molecule has 0 aliphatic carbocycles. The van der Waals surface area contributed by atoms with Gasteiger partial charge in [0, 0.05) is 37.4 Å². The maximum absolute atomic E-state index is 12.8. The van der Waals surface area contributed by atoms with E-state index in [-0.39, 0.29) is 30.5 Å². The smallest absolute Gasteiger partial charge is 0.341 e. The van der Waals surface area contributed by atoms with Crippen molar-refractivity contribution in [3.8, 4) is 0 Å². The minimum absolute atomic E-state index is 0. The van der Waals surface area contributed by atoms with Crippen molar-refractivity contribution in [3.63, 3.8) is 0 Å². The predicted molar refractivity (Wildman–Crippen MR) is 94.9 cm³/mol. The quantitative estimate of drug-likeness (QED) is 0.843. The molecule has 11 heteroatoms. The topological polar surface area (TPSA) is 75.4 Å². The highest BCUT2D eigenvalue weighted by atomic mass is 35.5. The molecule has 0 radical (unpaired) electrons. The number of aromatic nitrogens is 4. The molecule has 1 fully saturated rings.